The van der Waals surface area contributed by atoms with Gasteiger partial charge in [-0.05, 0) is 12.1 Å². The Hall–Kier alpha value is -1.82. The van der Waals surface area contributed by atoms with Gasteiger partial charge in [0.2, 0.25) is 0 Å². The van der Waals surface area contributed by atoms with Gasteiger partial charge in [-0.1, -0.05) is 11.8 Å². The highest BCUT2D eigenvalue weighted by molar-refractivity contribution is 7.99. The quantitative estimate of drug-likeness (QED) is 0.899. The maximum atomic E-state index is 6.00. The van der Waals surface area contributed by atoms with Gasteiger partial charge in [-0.2, -0.15) is 5.10 Å². The molecule has 0 saturated heterocycles. The maximum Gasteiger partial charge on any atom is 0.138 e. The van der Waals surface area contributed by atoms with Crippen molar-refractivity contribution in [3.05, 3.63) is 18.3 Å². The maximum absolute atomic E-state index is 6.00. The van der Waals surface area contributed by atoms with Crippen LogP contribution in [0.5, 0.6) is 11.5 Å². The minimum Gasteiger partial charge on any atom is -0.496 e. The molecule has 0 radical (unpaired) electrons. The summed E-state index contributed by atoms with van der Waals surface area (Å²) < 4.78 is 12.6. The summed E-state index contributed by atoms with van der Waals surface area (Å²) in [5, 5.41) is 4.15. The second-order valence-corrected chi connectivity index (χ2v) is 4.94. The van der Waals surface area contributed by atoms with Crippen molar-refractivity contribution in [3.8, 4) is 22.6 Å². The fourth-order valence-electron chi connectivity index (χ4n) is 1.96. The predicted octanol–water partition coefficient (Wildman–Crippen LogP) is 2.12. The van der Waals surface area contributed by atoms with Crippen molar-refractivity contribution in [1.82, 2.24) is 9.78 Å². The van der Waals surface area contributed by atoms with Gasteiger partial charge in [0, 0.05) is 18.2 Å². The number of rotatable bonds is 2. The first-order chi connectivity index (χ1) is 8.70. The fraction of sp³-hybridized carbons (Fsp3) is 0.250. The average Bonchev–Trinajstić information content (AvgIpc) is 2.95. The number of aryl methyl sites for hydroxylation is 1. The monoisotopic (exact) mass is 263 g/mol. The summed E-state index contributed by atoms with van der Waals surface area (Å²) in [5.41, 5.74) is 7.77. The van der Waals surface area contributed by atoms with Crippen LogP contribution in [0.1, 0.15) is 0 Å². The van der Waals surface area contributed by atoms with Gasteiger partial charge in [0.15, 0.2) is 0 Å². The van der Waals surface area contributed by atoms with Gasteiger partial charge in [0.25, 0.3) is 0 Å². The summed E-state index contributed by atoms with van der Waals surface area (Å²) in [4.78, 5) is 1.10. The molecule has 1 aromatic heterocycles. The SMILES string of the molecule is COc1cc2c(cc1-c1cnn(C)c1N)OCS2. The highest BCUT2D eigenvalue weighted by Crippen LogP contribution is 2.44. The molecule has 0 spiro atoms. The minimum absolute atomic E-state index is 0.610. The number of thioether (sulfide) groups is 1. The van der Waals surface area contributed by atoms with Crippen LogP contribution in [0.15, 0.2) is 23.2 Å². The number of nitrogens with two attached hydrogens (primary N) is 1. The molecular formula is C12H13N3O2S. The first-order valence-electron chi connectivity index (χ1n) is 5.46. The summed E-state index contributed by atoms with van der Waals surface area (Å²) in [5.74, 6) is 2.91. The molecule has 94 valence electrons. The number of ether oxygens (including phenoxy) is 2. The van der Waals surface area contributed by atoms with E-state index in [1.54, 1.807) is 29.8 Å². The molecule has 1 aromatic carbocycles. The summed E-state index contributed by atoms with van der Waals surface area (Å²) >= 11 is 1.66. The first-order valence-corrected chi connectivity index (χ1v) is 6.44. The lowest BCUT2D eigenvalue weighted by Crippen LogP contribution is -1.98. The Morgan fingerprint density at radius 3 is 2.94 bits per heavy atom. The molecule has 0 fully saturated rings. The van der Waals surface area contributed by atoms with Gasteiger partial charge in [-0.15, -0.1) is 0 Å². The fourth-order valence-corrected chi connectivity index (χ4v) is 2.72. The third-order valence-corrected chi connectivity index (χ3v) is 3.84. The Labute approximate surface area is 109 Å². The van der Waals surface area contributed by atoms with E-state index in [1.807, 2.05) is 19.2 Å². The van der Waals surface area contributed by atoms with Gasteiger partial charge in [0.1, 0.15) is 23.3 Å². The Kier molecular flexibility index (Phi) is 2.59. The highest BCUT2D eigenvalue weighted by atomic mass is 32.2. The lowest BCUT2D eigenvalue weighted by Gasteiger charge is -2.10. The van der Waals surface area contributed by atoms with Gasteiger partial charge >= 0.3 is 0 Å². The number of hydrogen-bond donors (Lipinski definition) is 1. The molecule has 0 amide bonds. The van der Waals surface area contributed by atoms with Crippen molar-refractivity contribution in [2.24, 2.45) is 7.05 Å². The summed E-state index contributed by atoms with van der Waals surface area (Å²) in [7, 11) is 3.46. The van der Waals surface area contributed by atoms with E-state index in [0.29, 0.717) is 11.8 Å². The molecule has 2 N–H and O–H groups in total. The van der Waals surface area contributed by atoms with Crippen LogP contribution in [0.2, 0.25) is 0 Å². The number of aromatic nitrogens is 2. The van der Waals surface area contributed by atoms with Crippen molar-refractivity contribution in [2.45, 2.75) is 4.90 Å². The molecule has 2 heterocycles. The number of anilines is 1. The van der Waals surface area contributed by atoms with Crippen molar-refractivity contribution in [2.75, 3.05) is 18.8 Å². The predicted molar refractivity (Wildman–Crippen MR) is 71.0 cm³/mol. The van der Waals surface area contributed by atoms with E-state index in [1.165, 1.54) is 0 Å². The lowest BCUT2D eigenvalue weighted by atomic mass is 10.1. The van der Waals surface area contributed by atoms with E-state index in [0.717, 1.165) is 27.5 Å². The van der Waals surface area contributed by atoms with Crippen LogP contribution >= 0.6 is 11.8 Å². The van der Waals surface area contributed by atoms with Crippen LogP contribution in [0.4, 0.5) is 5.82 Å². The molecule has 3 rings (SSSR count). The Morgan fingerprint density at radius 2 is 2.28 bits per heavy atom. The van der Waals surface area contributed by atoms with Crippen LogP contribution in [-0.2, 0) is 7.05 Å². The lowest BCUT2D eigenvalue weighted by molar-refractivity contribution is 0.392. The molecular weight excluding hydrogens is 250 g/mol. The number of nitrogen functional groups attached to an aromatic ring is 1. The summed E-state index contributed by atoms with van der Waals surface area (Å²) in [6.45, 7) is 0. The molecule has 0 saturated carbocycles. The molecule has 0 unspecified atom stereocenters. The first kappa shape index (κ1) is 11.3. The van der Waals surface area contributed by atoms with E-state index in [4.69, 9.17) is 15.2 Å². The average molecular weight is 263 g/mol. The zero-order valence-electron chi connectivity index (χ0n) is 10.1. The molecule has 5 nitrogen and oxygen atoms in total. The van der Waals surface area contributed by atoms with Crippen LogP contribution < -0.4 is 15.2 Å². The van der Waals surface area contributed by atoms with Crippen molar-refractivity contribution >= 4 is 17.6 Å². The van der Waals surface area contributed by atoms with E-state index in [9.17, 15) is 0 Å². The number of methoxy groups -OCH3 is 1. The molecule has 2 aromatic rings. The van der Waals surface area contributed by atoms with Crippen LogP contribution in [0.3, 0.4) is 0 Å². The van der Waals surface area contributed by atoms with E-state index in [2.05, 4.69) is 5.10 Å². The van der Waals surface area contributed by atoms with Gasteiger partial charge in [0.05, 0.1) is 18.2 Å². The van der Waals surface area contributed by atoms with Crippen LogP contribution in [0.25, 0.3) is 11.1 Å². The second-order valence-electron chi connectivity index (χ2n) is 3.97. The normalized spacial score (nSPS) is 13.2. The van der Waals surface area contributed by atoms with E-state index < -0.39 is 0 Å². The van der Waals surface area contributed by atoms with Crippen LogP contribution in [-0.4, -0.2) is 22.8 Å². The topological polar surface area (TPSA) is 62.3 Å². The number of fused-ring (bicyclic) bond motifs is 1. The molecule has 0 aliphatic carbocycles. The van der Waals surface area contributed by atoms with Crippen molar-refractivity contribution in [1.29, 1.82) is 0 Å². The molecule has 6 heteroatoms. The van der Waals surface area contributed by atoms with Gasteiger partial charge in [-0.3, -0.25) is 4.68 Å². The summed E-state index contributed by atoms with van der Waals surface area (Å²) in [6.07, 6.45) is 1.74. The van der Waals surface area contributed by atoms with Crippen LogP contribution in [0, 0.1) is 0 Å². The summed E-state index contributed by atoms with van der Waals surface area (Å²) in [6, 6.07) is 3.94. The number of hydrogen-bond acceptors (Lipinski definition) is 5. The molecule has 18 heavy (non-hydrogen) atoms. The molecule has 0 atom stereocenters. The van der Waals surface area contributed by atoms with Gasteiger partial charge in [-0.25, -0.2) is 0 Å². The third kappa shape index (κ3) is 1.60. The largest absolute Gasteiger partial charge is 0.496 e. The van der Waals surface area contributed by atoms with E-state index >= 15 is 0 Å². The second kappa shape index (κ2) is 4.13. The standard InChI is InChI=1S/C12H13N3O2S/c1-15-12(13)8(5-14-15)7-3-10-11(18-6-17-10)4-9(7)16-2/h3-5H,6,13H2,1-2H3. The zero-order chi connectivity index (χ0) is 12.7. The molecule has 1 aliphatic heterocycles. The number of nitrogens with zero attached hydrogens (tertiary/aromatic N) is 2. The van der Waals surface area contributed by atoms with E-state index in [-0.39, 0.29) is 0 Å². The zero-order valence-corrected chi connectivity index (χ0v) is 11.0. The molecule has 1 aliphatic rings. The Morgan fingerprint density at radius 1 is 1.44 bits per heavy atom. The Bertz CT molecular complexity index is 610. The highest BCUT2D eigenvalue weighted by Gasteiger charge is 2.20. The number of benzene rings is 1. The van der Waals surface area contributed by atoms with Gasteiger partial charge < -0.3 is 15.2 Å². The third-order valence-electron chi connectivity index (χ3n) is 2.97. The minimum atomic E-state index is 0.610. The molecule has 0 bridgehead atoms. The smallest absolute Gasteiger partial charge is 0.138 e. The Balaban J connectivity index is 2.19. The van der Waals surface area contributed by atoms with Crippen molar-refractivity contribution in [3.63, 3.8) is 0 Å². The van der Waals surface area contributed by atoms with Crippen molar-refractivity contribution < 1.29 is 9.47 Å².